The van der Waals surface area contributed by atoms with Crippen molar-refractivity contribution in [2.75, 3.05) is 44.4 Å². The van der Waals surface area contributed by atoms with Crippen LogP contribution in [-0.4, -0.2) is 123 Å². The van der Waals surface area contributed by atoms with E-state index in [0.717, 1.165) is 11.1 Å². The number of carbonyl (C=O) groups is 2. The standard InChI is InChI=1S/C35H39ClF2N6O8/c1-19-6-7-23(30(38)29(19)37)24-16-43(41-40-24)31-32(48)27(17-45)52-34(33(31)51-18-28(47)42-8-10-50-11-9-42)35(49)44(25-4-2-3-5-26(25)46)22-13-20(15-39)12-21(36)14-22/h6-7,12-14,16,25-27,31-34,45-46,48H,2-5,8-11,17-18H2,1H3/t25-,26-,27+,31-,32-,33+,34+/m0/s1. The summed E-state index contributed by atoms with van der Waals surface area (Å²) in [7, 11) is 0. The van der Waals surface area contributed by atoms with Gasteiger partial charge in [-0.15, -0.1) is 5.10 Å². The van der Waals surface area contributed by atoms with Crippen LogP contribution >= 0.6 is 11.6 Å². The van der Waals surface area contributed by atoms with E-state index in [9.17, 15) is 34.6 Å². The topological polar surface area (TPSA) is 184 Å². The monoisotopic (exact) mass is 744 g/mol. The minimum absolute atomic E-state index is 0.0771. The first-order chi connectivity index (χ1) is 25.0. The second kappa shape index (κ2) is 16.3. The Morgan fingerprint density at radius 1 is 1.13 bits per heavy atom. The molecule has 278 valence electrons. The number of aliphatic hydroxyl groups excluding tert-OH is 3. The number of benzene rings is 2. The molecule has 2 aliphatic heterocycles. The van der Waals surface area contributed by atoms with Gasteiger partial charge in [-0.25, -0.2) is 13.5 Å². The smallest absolute Gasteiger partial charge is 0.259 e. The molecule has 3 fully saturated rings. The van der Waals surface area contributed by atoms with E-state index in [2.05, 4.69) is 10.3 Å². The molecule has 0 bridgehead atoms. The van der Waals surface area contributed by atoms with Crippen molar-refractivity contribution in [3.05, 3.63) is 64.3 Å². The fourth-order valence-electron chi connectivity index (χ4n) is 7.03. The number of ether oxygens (including phenoxy) is 3. The molecule has 3 N–H and O–H groups in total. The average molecular weight is 745 g/mol. The minimum atomic E-state index is -1.65. The van der Waals surface area contributed by atoms with Gasteiger partial charge in [-0.1, -0.05) is 35.7 Å². The minimum Gasteiger partial charge on any atom is -0.394 e. The van der Waals surface area contributed by atoms with Crippen LogP contribution in [0.3, 0.4) is 0 Å². The van der Waals surface area contributed by atoms with Crippen molar-refractivity contribution in [2.45, 2.75) is 75.2 Å². The zero-order valence-electron chi connectivity index (χ0n) is 28.3. The number of aromatic nitrogens is 3. The zero-order valence-corrected chi connectivity index (χ0v) is 29.0. The Morgan fingerprint density at radius 3 is 2.60 bits per heavy atom. The number of nitriles is 1. The third-order valence-electron chi connectivity index (χ3n) is 9.79. The van der Waals surface area contributed by atoms with Crippen LogP contribution in [-0.2, 0) is 23.8 Å². The van der Waals surface area contributed by atoms with E-state index >= 15 is 4.39 Å². The Labute approximate surface area is 303 Å². The summed E-state index contributed by atoms with van der Waals surface area (Å²) in [6, 6.07) is 6.89. The number of halogens is 3. The lowest BCUT2D eigenvalue weighted by atomic mass is 9.88. The highest BCUT2D eigenvalue weighted by Gasteiger charge is 2.52. The third kappa shape index (κ3) is 7.67. The number of anilines is 1. The Hall–Kier alpha value is -4.08. The summed E-state index contributed by atoms with van der Waals surface area (Å²) in [6.45, 7) is 1.33. The second-order valence-corrected chi connectivity index (χ2v) is 13.5. The van der Waals surface area contributed by atoms with Gasteiger partial charge in [0, 0.05) is 29.4 Å². The van der Waals surface area contributed by atoms with Crippen LogP contribution in [0.2, 0.25) is 5.02 Å². The molecule has 0 radical (unpaired) electrons. The predicted molar refractivity (Wildman–Crippen MR) is 180 cm³/mol. The molecule has 3 aromatic rings. The quantitative estimate of drug-likeness (QED) is 0.292. The van der Waals surface area contributed by atoms with Crippen LogP contribution in [0.1, 0.15) is 42.9 Å². The predicted octanol–water partition coefficient (Wildman–Crippen LogP) is 2.30. The lowest BCUT2D eigenvalue weighted by Gasteiger charge is -2.46. The summed E-state index contributed by atoms with van der Waals surface area (Å²) < 4.78 is 48.3. The van der Waals surface area contributed by atoms with E-state index in [1.807, 2.05) is 6.07 Å². The maximum atomic E-state index is 15.0. The summed E-state index contributed by atoms with van der Waals surface area (Å²) in [5.41, 5.74) is 0.101. The van der Waals surface area contributed by atoms with Gasteiger partial charge in [0.1, 0.15) is 36.7 Å². The number of nitrogens with zero attached hydrogens (tertiary/aromatic N) is 6. The second-order valence-electron chi connectivity index (χ2n) is 13.1. The van der Waals surface area contributed by atoms with Crippen molar-refractivity contribution in [1.29, 1.82) is 5.26 Å². The Balaban J connectivity index is 1.43. The largest absolute Gasteiger partial charge is 0.394 e. The molecule has 2 aromatic carbocycles. The fourth-order valence-corrected chi connectivity index (χ4v) is 7.26. The van der Waals surface area contributed by atoms with Gasteiger partial charge in [-0.2, -0.15) is 5.26 Å². The number of morpholine rings is 1. The molecule has 1 aliphatic carbocycles. The summed E-state index contributed by atoms with van der Waals surface area (Å²) in [4.78, 5) is 31.1. The Bertz CT molecular complexity index is 1820. The Morgan fingerprint density at radius 2 is 1.88 bits per heavy atom. The molecule has 2 amide bonds. The highest BCUT2D eigenvalue weighted by Crippen LogP contribution is 2.38. The Kier molecular flexibility index (Phi) is 11.8. The first-order valence-corrected chi connectivity index (χ1v) is 17.4. The van der Waals surface area contributed by atoms with Crippen molar-refractivity contribution in [1.82, 2.24) is 19.9 Å². The fraction of sp³-hybridized carbons (Fsp3) is 0.514. The van der Waals surface area contributed by atoms with Gasteiger partial charge in [0.25, 0.3) is 5.91 Å². The number of carbonyl (C=O) groups excluding carboxylic acids is 2. The van der Waals surface area contributed by atoms with Crippen LogP contribution in [0.5, 0.6) is 0 Å². The third-order valence-corrected chi connectivity index (χ3v) is 10.0. The average Bonchev–Trinajstić information content (AvgIpc) is 3.63. The van der Waals surface area contributed by atoms with E-state index < -0.39 is 79.3 Å². The molecule has 14 nitrogen and oxygen atoms in total. The van der Waals surface area contributed by atoms with E-state index in [0.29, 0.717) is 45.6 Å². The molecule has 2 saturated heterocycles. The van der Waals surface area contributed by atoms with Gasteiger partial charge in [0.2, 0.25) is 5.91 Å². The first kappa shape index (κ1) is 37.7. The van der Waals surface area contributed by atoms with E-state index in [1.54, 1.807) is 0 Å². The number of aliphatic hydroxyl groups is 3. The van der Waals surface area contributed by atoms with E-state index in [-0.39, 0.29) is 33.1 Å². The molecule has 52 heavy (non-hydrogen) atoms. The summed E-state index contributed by atoms with van der Waals surface area (Å²) in [6.07, 6.45) is -3.73. The van der Waals surface area contributed by atoms with Crippen LogP contribution in [0.4, 0.5) is 14.5 Å². The molecule has 0 unspecified atom stereocenters. The maximum absolute atomic E-state index is 15.0. The number of aryl methyl sites for hydroxylation is 1. The number of hydrogen-bond acceptors (Lipinski definition) is 11. The number of amides is 2. The lowest BCUT2D eigenvalue weighted by molar-refractivity contribution is -0.217. The van der Waals surface area contributed by atoms with Crippen molar-refractivity contribution < 1.29 is 47.9 Å². The highest BCUT2D eigenvalue weighted by atomic mass is 35.5. The molecule has 3 aliphatic rings. The summed E-state index contributed by atoms with van der Waals surface area (Å²) in [5.74, 6) is -3.44. The molecule has 1 aromatic heterocycles. The van der Waals surface area contributed by atoms with Gasteiger partial charge in [-0.3, -0.25) is 9.59 Å². The van der Waals surface area contributed by atoms with Gasteiger partial charge in [0.05, 0.1) is 49.8 Å². The number of hydrogen-bond donors (Lipinski definition) is 3. The van der Waals surface area contributed by atoms with Crippen molar-refractivity contribution in [3.63, 3.8) is 0 Å². The molecule has 17 heteroatoms. The van der Waals surface area contributed by atoms with E-state index in [4.69, 9.17) is 25.8 Å². The van der Waals surface area contributed by atoms with Crippen molar-refractivity contribution in [2.24, 2.45) is 0 Å². The van der Waals surface area contributed by atoms with Gasteiger partial charge in [-0.05, 0) is 49.6 Å². The zero-order chi connectivity index (χ0) is 37.1. The van der Waals surface area contributed by atoms with Crippen molar-refractivity contribution >= 4 is 29.1 Å². The van der Waals surface area contributed by atoms with Gasteiger partial charge >= 0.3 is 0 Å². The highest BCUT2D eigenvalue weighted by molar-refractivity contribution is 6.31. The summed E-state index contributed by atoms with van der Waals surface area (Å²) in [5, 5.41) is 51.2. The molecule has 1 saturated carbocycles. The first-order valence-electron chi connectivity index (χ1n) is 17.0. The molecular weight excluding hydrogens is 706 g/mol. The molecule has 7 atom stereocenters. The van der Waals surface area contributed by atoms with Crippen LogP contribution in [0, 0.1) is 29.9 Å². The maximum Gasteiger partial charge on any atom is 0.259 e. The van der Waals surface area contributed by atoms with E-state index in [1.165, 1.54) is 53.3 Å². The van der Waals surface area contributed by atoms with Crippen LogP contribution in [0.15, 0.2) is 36.5 Å². The van der Waals surface area contributed by atoms with Crippen LogP contribution in [0.25, 0.3) is 11.3 Å². The van der Waals surface area contributed by atoms with Crippen molar-refractivity contribution in [3.8, 4) is 17.3 Å². The van der Waals surface area contributed by atoms with Crippen LogP contribution < -0.4 is 4.90 Å². The SMILES string of the molecule is Cc1ccc(-c2cn([C@H]3[C@@H](O)[C@@H](CO)O[C@@H](C(=O)N(c4cc(Cl)cc(C#N)c4)[C@H]4CCCC[C@@H]4O)[C@@H]3OCC(=O)N3CCOCC3)nn2)c(F)c1F. The molecule has 3 heterocycles. The normalized spacial score (nSPS) is 26.5. The number of rotatable bonds is 9. The summed E-state index contributed by atoms with van der Waals surface area (Å²) >= 11 is 6.38. The molecule has 0 spiro atoms. The van der Waals surface area contributed by atoms with Gasteiger partial charge < -0.3 is 39.3 Å². The van der Waals surface area contributed by atoms with Gasteiger partial charge in [0.15, 0.2) is 17.7 Å². The lowest BCUT2D eigenvalue weighted by Crippen LogP contribution is -2.63. The molecule has 6 rings (SSSR count). The molecular formula is C35H39ClF2N6O8.